The van der Waals surface area contributed by atoms with E-state index in [2.05, 4.69) is 27.9 Å². The molecule has 3 rings (SSSR count). The lowest BCUT2D eigenvalue weighted by atomic mass is 10.0. The molecule has 1 fully saturated rings. The van der Waals surface area contributed by atoms with Crippen LogP contribution in [0.3, 0.4) is 0 Å². The molecule has 2 unspecified atom stereocenters. The number of nitrogens with one attached hydrogen (secondary N) is 1. The molecule has 104 valence electrons. The van der Waals surface area contributed by atoms with E-state index in [9.17, 15) is 14.4 Å². The van der Waals surface area contributed by atoms with Crippen LogP contribution in [0.4, 0.5) is 5.69 Å². The number of carbonyl (C=O) groups is 3. The molecule has 0 spiro atoms. The highest BCUT2D eigenvalue weighted by atomic mass is 127. The zero-order valence-electron chi connectivity index (χ0n) is 10.4. The van der Waals surface area contributed by atoms with Crippen molar-refractivity contribution in [2.24, 2.45) is 0 Å². The molecular weight excluding hydrogens is 373 g/mol. The zero-order chi connectivity index (χ0) is 14.4. The number of halogens is 1. The minimum absolute atomic E-state index is 0.207. The smallest absolute Gasteiger partial charge is 0.256 e. The van der Waals surface area contributed by atoms with Crippen LogP contribution >= 0.6 is 22.6 Å². The van der Waals surface area contributed by atoms with Crippen molar-refractivity contribution in [1.29, 1.82) is 0 Å². The van der Waals surface area contributed by atoms with Gasteiger partial charge in [0.05, 0.1) is 0 Å². The number of nitrogens with zero attached hydrogens (tertiary/aromatic N) is 1. The summed E-state index contributed by atoms with van der Waals surface area (Å²) in [4.78, 5) is 37.2. The summed E-state index contributed by atoms with van der Waals surface area (Å²) in [6.45, 7) is 0. The molecule has 1 aromatic rings. The first-order valence-electron chi connectivity index (χ1n) is 6.19. The molecule has 6 nitrogen and oxygen atoms in total. The van der Waals surface area contributed by atoms with Crippen LogP contribution < -0.4 is 11.1 Å². The summed E-state index contributed by atoms with van der Waals surface area (Å²) in [6, 6.07) is 4.59. The van der Waals surface area contributed by atoms with Gasteiger partial charge in [-0.1, -0.05) is 28.7 Å². The van der Waals surface area contributed by atoms with Crippen molar-refractivity contribution in [3.8, 4) is 0 Å². The van der Waals surface area contributed by atoms with Crippen LogP contribution in [0.2, 0.25) is 0 Å². The molecule has 1 saturated heterocycles. The van der Waals surface area contributed by atoms with Gasteiger partial charge in [-0.2, -0.15) is 0 Å². The molecule has 0 saturated carbocycles. The molecule has 0 radical (unpaired) electrons. The minimum atomic E-state index is -0.601. The lowest BCUT2D eigenvalue weighted by Gasteiger charge is -2.32. The van der Waals surface area contributed by atoms with Gasteiger partial charge in [0.25, 0.3) is 5.91 Å². The Kier molecular flexibility index (Phi) is 3.15. The Bertz CT molecular complexity index is 631. The number of benzene rings is 1. The Morgan fingerprint density at radius 3 is 2.75 bits per heavy atom. The zero-order valence-corrected chi connectivity index (χ0v) is 12.6. The van der Waals surface area contributed by atoms with Gasteiger partial charge >= 0.3 is 0 Å². The summed E-state index contributed by atoms with van der Waals surface area (Å²) in [5.74, 6) is -0.900. The van der Waals surface area contributed by atoms with Gasteiger partial charge < -0.3 is 10.6 Å². The number of nitrogens with two attached hydrogens (primary N) is 1. The van der Waals surface area contributed by atoms with Gasteiger partial charge in [-0.15, -0.1) is 0 Å². The van der Waals surface area contributed by atoms with Crippen molar-refractivity contribution in [2.45, 2.75) is 22.9 Å². The topological polar surface area (TPSA) is 92.5 Å². The van der Waals surface area contributed by atoms with Crippen molar-refractivity contribution in [3.63, 3.8) is 0 Å². The average molecular weight is 385 g/mol. The van der Waals surface area contributed by atoms with E-state index in [-0.39, 0.29) is 22.3 Å². The Balaban J connectivity index is 1.95. The predicted octanol–water partition coefficient (Wildman–Crippen LogP) is 0.963. The van der Waals surface area contributed by atoms with E-state index in [4.69, 9.17) is 5.73 Å². The molecule has 1 aromatic carbocycles. The number of hydrogen-bond acceptors (Lipinski definition) is 4. The number of amides is 3. The monoisotopic (exact) mass is 385 g/mol. The Morgan fingerprint density at radius 1 is 1.30 bits per heavy atom. The number of hydrogen-bond donors (Lipinski definition) is 2. The normalized spacial score (nSPS) is 25.6. The van der Waals surface area contributed by atoms with Gasteiger partial charge in [-0.25, -0.2) is 0 Å². The highest BCUT2D eigenvalue weighted by Gasteiger charge is 2.43. The third-order valence-electron chi connectivity index (χ3n) is 3.59. The number of anilines is 1. The van der Waals surface area contributed by atoms with Gasteiger partial charge in [0, 0.05) is 17.7 Å². The van der Waals surface area contributed by atoms with Crippen LogP contribution in [0, 0.1) is 0 Å². The van der Waals surface area contributed by atoms with Gasteiger partial charge in [-0.3, -0.25) is 19.7 Å². The molecule has 0 aliphatic carbocycles. The lowest BCUT2D eigenvalue weighted by molar-refractivity contribution is -0.136. The fraction of sp³-hybridized carbons (Fsp3) is 0.308. The number of fused-ring (bicyclic) bond motifs is 1. The predicted molar refractivity (Wildman–Crippen MR) is 80.0 cm³/mol. The molecule has 2 aliphatic rings. The van der Waals surface area contributed by atoms with Gasteiger partial charge in [-0.05, 0) is 24.1 Å². The number of imide groups is 1. The average Bonchev–Trinajstić information content (AvgIpc) is 2.63. The molecule has 2 heterocycles. The number of nitrogen functional groups attached to an aromatic ring is 1. The first-order chi connectivity index (χ1) is 9.49. The van der Waals surface area contributed by atoms with E-state index in [1.54, 1.807) is 12.1 Å². The fourth-order valence-corrected chi connectivity index (χ4v) is 3.79. The van der Waals surface area contributed by atoms with Crippen LogP contribution in [-0.4, -0.2) is 28.7 Å². The summed E-state index contributed by atoms with van der Waals surface area (Å²) >= 11 is 2.13. The standard InChI is InChI=1S/C13H12IN3O3/c14-11-7-2-1-6(15)5-8(7)13(20)17(11)9-3-4-10(18)16-12(9)19/h1-2,5,9,11H,3-4,15H2,(H,16,18,19). The van der Waals surface area contributed by atoms with Crippen LogP contribution in [0.15, 0.2) is 18.2 Å². The third-order valence-corrected chi connectivity index (χ3v) is 4.86. The highest BCUT2D eigenvalue weighted by molar-refractivity contribution is 14.1. The second kappa shape index (κ2) is 4.72. The molecule has 0 bridgehead atoms. The van der Waals surface area contributed by atoms with E-state index >= 15 is 0 Å². The Morgan fingerprint density at radius 2 is 2.05 bits per heavy atom. The number of piperidine rings is 1. The summed E-state index contributed by atoms with van der Waals surface area (Å²) in [5, 5.41) is 2.29. The van der Waals surface area contributed by atoms with E-state index in [1.807, 2.05) is 6.07 Å². The Hall–Kier alpha value is -1.64. The van der Waals surface area contributed by atoms with Crippen molar-refractivity contribution in [1.82, 2.24) is 10.2 Å². The van der Waals surface area contributed by atoms with Gasteiger partial charge in [0.1, 0.15) is 10.1 Å². The SMILES string of the molecule is Nc1ccc2c(c1)C(=O)N(C1CCC(=O)NC1=O)C2I. The molecular formula is C13H12IN3O3. The van der Waals surface area contributed by atoms with E-state index < -0.39 is 11.9 Å². The van der Waals surface area contributed by atoms with E-state index in [0.29, 0.717) is 17.7 Å². The van der Waals surface area contributed by atoms with Crippen molar-refractivity contribution in [2.75, 3.05) is 5.73 Å². The third kappa shape index (κ3) is 1.96. The van der Waals surface area contributed by atoms with Crippen molar-refractivity contribution >= 4 is 46.0 Å². The van der Waals surface area contributed by atoms with Gasteiger partial charge in [0.2, 0.25) is 11.8 Å². The van der Waals surface area contributed by atoms with E-state index in [0.717, 1.165) is 5.56 Å². The quantitative estimate of drug-likeness (QED) is 0.248. The van der Waals surface area contributed by atoms with Gasteiger partial charge in [0.15, 0.2) is 0 Å². The maximum atomic E-state index is 12.5. The molecule has 20 heavy (non-hydrogen) atoms. The summed E-state index contributed by atoms with van der Waals surface area (Å²) in [6.07, 6.45) is 0.613. The second-order valence-electron chi connectivity index (χ2n) is 4.86. The van der Waals surface area contributed by atoms with Crippen LogP contribution in [0.5, 0.6) is 0 Å². The van der Waals surface area contributed by atoms with Crippen molar-refractivity contribution in [3.05, 3.63) is 29.3 Å². The minimum Gasteiger partial charge on any atom is -0.399 e. The fourth-order valence-electron chi connectivity index (χ4n) is 2.61. The van der Waals surface area contributed by atoms with Crippen LogP contribution in [0.25, 0.3) is 0 Å². The largest absolute Gasteiger partial charge is 0.399 e. The van der Waals surface area contributed by atoms with Crippen molar-refractivity contribution < 1.29 is 14.4 Å². The van der Waals surface area contributed by atoms with Crippen LogP contribution in [0.1, 0.15) is 32.8 Å². The first kappa shape index (κ1) is 13.3. The lowest BCUT2D eigenvalue weighted by Crippen LogP contribution is -2.52. The highest BCUT2D eigenvalue weighted by Crippen LogP contribution is 2.41. The van der Waals surface area contributed by atoms with E-state index in [1.165, 1.54) is 4.90 Å². The summed E-state index contributed by atoms with van der Waals surface area (Å²) < 4.78 is -0.223. The molecule has 2 atom stereocenters. The molecule has 3 N–H and O–H groups in total. The first-order valence-corrected chi connectivity index (χ1v) is 7.43. The number of rotatable bonds is 1. The molecule has 7 heteroatoms. The molecule has 3 amide bonds. The van der Waals surface area contributed by atoms with Crippen LogP contribution in [-0.2, 0) is 9.59 Å². The number of alkyl halides is 1. The molecule has 2 aliphatic heterocycles. The second-order valence-corrected chi connectivity index (χ2v) is 6.04. The maximum absolute atomic E-state index is 12.5. The number of carbonyl (C=O) groups excluding carboxylic acids is 3. The maximum Gasteiger partial charge on any atom is 0.256 e. The molecule has 0 aromatic heterocycles. The summed E-state index contributed by atoms with van der Waals surface area (Å²) in [7, 11) is 0. The summed E-state index contributed by atoms with van der Waals surface area (Å²) in [5.41, 5.74) is 7.62. The Labute approximate surface area is 128 Å².